The Balaban J connectivity index is 2.13. The molecule has 100 valence electrons. The number of benzene rings is 1. The van der Waals surface area contributed by atoms with E-state index in [1.165, 1.54) is 6.07 Å². The predicted molar refractivity (Wildman–Crippen MR) is 71.3 cm³/mol. The molecule has 0 bridgehead atoms. The Morgan fingerprint density at radius 3 is 2.61 bits per heavy atom. The second-order valence-corrected chi connectivity index (χ2v) is 5.43. The highest BCUT2D eigenvalue weighted by atomic mass is 35.5. The van der Waals surface area contributed by atoms with Crippen molar-refractivity contribution in [2.45, 2.75) is 31.8 Å². The quantitative estimate of drug-likeness (QED) is 0.913. The highest BCUT2D eigenvalue weighted by molar-refractivity contribution is 6.30. The van der Waals surface area contributed by atoms with Gasteiger partial charge in [-0.1, -0.05) is 24.6 Å². The standard InChI is InChI=1S/C14H19ClFNO/c1-2-7-17-8-5-14(18,6-9-17)12-4-3-11(15)10-13(12)16/h3-4,10,18H,2,5-9H2,1H3. The summed E-state index contributed by atoms with van der Waals surface area (Å²) in [5, 5.41) is 11.0. The van der Waals surface area contributed by atoms with Gasteiger partial charge in [0, 0.05) is 23.7 Å². The van der Waals surface area contributed by atoms with E-state index in [2.05, 4.69) is 11.8 Å². The molecular formula is C14H19ClFNO. The number of aliphatic hydroxyl groups is 1. The minimum atomic E-state index is -1.04. The fraction of sp³-hybridized carbons (Fsp3) is 0.571. The van der Waals surface area contributed by atoms with Crippen LogP contribution in [-0.4, -0.2) is 29.6 Å². The maximum absolute atomic E-state index is 13.9. The molecule has 1 aliphatic heterocycles. The first kappa shape index (κ1) is 13.8. The Morgan fingerprint density at radius 2 is 2.06 bits per heavy atom. The highest BCUT2D eigenvalue weighted by Crippen LogP contribution is 2.35. The van der Waals surface area contributed by atoms with Gasteiger partial charge >= 0.3 is 0 Å². The van der Waals surface area contributed by atoms with Crippen LogP contribution in [0.2, 0.25) is 5.02 Å². The maximum Gasteiger partial charge on any atom is 0.130 e. The number of hydrogen-bond acceptors (Lipinski definition) is 2. The van der Waals surface area contributed by atoms with Crippen LogP contribution in [0.15, 0.2) is 18.2 Å². The van der Waals surface area contributed by atoms with Crippen molar-refractivity contribution in [3.05, 3.63) is 34.6 Å². The van der Waals surface area contributed by atoms with Gasteiger partial charge in [-0.05, 0) is 37.9 Å². The van der Waals surface area contributed by atoms with Crippen molar-refractivity contribution in [2.24, 2.45) is 0 Å². The number of piperidine rings is 1. The summed E-state index contributed by atoms with van der Waals surface area (Å²) in [5.41, 5.74) is -0.665. The van der Waals surface area contributed by atoms with Crippen LogP contribution in [-0.2, 0) is 5.60 Å². The van der Waals surface area contributed by atoms with Crippen molar-refractivity contribution in [3.63, 3.8) is 0 Å². The smallest absolute Gasteiger partial charge is 0.130 e. The third-order valence-electron chi connectivity index (χ3n) is 3.66. The Hall–Kier alpha value is -0.640. The third-order valence-corrected chi connectivity index (χ3v) is 3.89. The molecule has 0 saturated carbocycles. The van der Waals surface area contributed by atoms with Crippen molar-refractivity contribution in [2.75, 3.05) is 19.6 Å². The maximum atomic E-state index is 13.9. The zero-order valence-electron chi connectivity index (χ0n) is 10.6. The zero-order chi connectivity index (χ0) is 13.2. The molecule has 2 nitrogen and oxygen atoms in total. The fourth-order valence-electron chi connectivity index (χ4n) is 2.60. The van der Waals surface area contributed by atoms with Crippen LogP contribution in [0, 0.1) is 5.82 Å². The molecule has 1 aromatic rings. The molecule has 0 radical (unpaired) electrons. The first-order valence-corrected chi connectivity index (χ1v) is 6.83. The van der Waals surface area contributed by atoms with Crippen molar-refractivity contribution in [1.82, 2.24) is 4.90 Å². The first-order chi connectivity index (χ1) is 8.55. The monoisotopic (exact) mass is 271 g/mol. The lowest BCUT2D eigenvalue weighted by Gasteiger charge is -2.38. The Bertz CT molecular complexity index is 416. The molecule has 0 unspecified atom stereocenters. The van der Waals surface area contributed by atoms with Gasteiger partial charge < -0.3 is 10.0 Å². The van der Waals surface area contributed by atoms with Gasteiger partial charge in [-0.2, -0.15) is 0 Å². The SMILES string of the molecule is CCCN1CCC(O)(c2ccc(Cl)cc2F)CC1. The van der Waals surface area contributed by atoms with E-state index in [0.717, 1.165) is 26.1 Å². The normalized spacial score (nSPS) is 20.0. The molecule has 1 fully saturated rings. The van der Waals surface area contributed by atoms with Crippen LogP contribution in [0.1, 0.15) is 31.7 Å². The average molecular weight is 272 g/mol. The van der Waals surface area contributed by atoms with Crippen molar-refractivity contribution >= 4 is 11.6 Å². The van der Waals surface area contributed by atoms with Crippen molar-refractivity contribution in [3.8, 4) is 0 Å². The average Bonchev–Trinajstić information content (AvgIpc) is 2.32. The number of likely N-dealkylation sites (tertiary alicyclic amines) is 1. The van der Waals surface area contributed by atoms with E-state index >= 15 is 0 Å². The minimum Gasteiger partial charge on any atom is -0.385 e. The molecule has 1 saturated heterocycles. The molecule has 0 atom stereocenters. The molecule has 4 heteroatoms. The lowest BCUT2D eigenvalue weighted by molar-refractivity contribution is -0.0283. The molecule has 1 N–H and O–H groups in total. The molecule has 0 spiro atoms. The molecule has 1 aliphatic rings. The Morgan fingerprint density at radius 1 is 1.39 bits per heavy atom. The largest absolute Gasteiger partial charge is 0.385 e. The van der Waals surface area contributed by atoms with E-state index in [1.54, 1.807) is 12.1 Å². The molecule has 1 aromatic carbocycles. The summed E-state index contributed by atoms with van der Waals surface area (Å²) in [5.74, 6) is -0.408. The summed E-state index contributed by atoms with van der Waals surface area (Å²) in [6, 6.07) is 4.51. The van der Waals surface area contributed by atoms with Crippen LogP contribution >= 0.6 is 11.6 Å². The number of hydrogen-bond donors (Lipinski definition) is 1. The first-order valence-electron chi connectivity index (χ1n) is 6.45. The summed E-state index contributed by atoms with van der Waals surface area (Å²) in [4.78, 5) is 2.31. The summed E-state index contributed by atoms with van der Waals surface area (Å²) < 4.78 is 13.9. The van der Waals surface area contributed by atoms with Crippen LogP contribution < -0.4 is 0 Å². The molecule has 0 aliphatic carbocycles. The van der Waals surface area contributed by atoms with Gasteiger partial charge in [0.1, 0.15) is 5.82 Å². The third kappa shape index (κ3) is 2.85. The van der Waals surface area contributed by atoms with Crippen molar-refractivity contribution in [1.29, 1.82) is 0 Å². The van der Waals surface area contributed by atoms with Gasteiger partial charge in [0.15, 0.2) is 0 Å². The second kappa shape index (κ2) is 5.55. The number of nitrogens with zero attached hydrogens (tertiary/aromatic N) is 1. The van der Waals surface area contributed by atoms with E-state index < -0.39 is 11.4 Å². The predicted octanol–water partition coefficient (Wildman–Crippen LogP) is 3.17. The summed E-state index contributed by atoms with van der Waals surface area (Å²) in [7, 11) is 0. The Labute approximate surface area is 112 Å². The topological polar surface area (TPSA) is 23.5 Å². The van der Waals surface area contributed by atoms with Crippen molar-refractivity contribution < 1.29 is 9.50 Å². The van der Waals surface area contributed by atoms with Gasteiger partial charge in [-0.15, -0.1) is 0 Å². The summed E-state index contributed by atoms with van der Waals surface area (Å²) in [6.45, 7) is 4.80. The fourth-order valence-corrected chi connectivity index (χ4v) is 2.76. The number of rotatable bonds is 3. The van der Waals surface area contributed by atoms with E-state index in [0.29, 0.717) is 23.4 Å². The summed E-state index contributed by atoms with van der Waals surface area (Å²) in [6.07, 6.45) is 2.25. The minimum absolute atomic E-state index is 0.364. The number of halogens is 2. The van der Waals surface area contributed by atoms with Gasteiger partial charge in [0.2, 0.25) is 0 Å². The van der Waals surface area contributed by atoms with Gasteiger partial charge in [0.25, 0.3) is 0 Å². The van der Waals surface area contributed by atoms with E-state index in [-0.39, 0.29) is 0 Å². The zero-order valence-corrected chi connectivity index (χ0v) is 11.4. The van der Waals surface area contributed by atoms with Crippen LogP contribution in [0.4, 0.5) is 4.39 Å². The second-order valence-electron chi connectivity index (χ2n) is 5.00. The highest BCUT2D eigenvalue weighted by Gasteiger charge is 2.35. The Kier molecular flexibility index (Phi) is 4.25. The van der Waals surface area contributed by atoms with Crippen LogP contribution in [0.3, 0.4) is 0 Å². The molecule has 18 heavy (non-hydrogen) atoms. The van der Waals surface area contributed by atoms with Crippen LogP contribution in [0.5, 0.6) is 0 Å². The van der Waals surface area contributed by atoms with E-state index in [1.807, 2.05) is 0 Å². The van der Waals surface area contributed by atoms with Gasteiger partial charge in [-0.25, -0.2) is 4.39 Å². The lowest BCUT2D eigenvalue weighted by Crippen LogP contribution is -2.43. The van der Waals surface area contributed by atoms with Gasteiger partial charge in [-0.3, -0.25) is 0 Å². The van der Waals surface area contributed by atoms with E-state index in [9.17, 15) is 9.50 Å². The molecule has 0 aromatic heterocycles. The molecular weight excluding hydrogens is 253 g/mol. The molecule has 1 heterocycles. The van der Waals surface area contributed by atoms with E-state index in [4.69, 9.17) is 11.6 Å². The molecule has 0 amide bonds. The summed E-state index contributed by atoms with van der Waals surface area (Å²) >= 11 is 5.74. The van der Waals surface area contributed by atoms with Crippen LogP contribution in [0.25, 0.3) is 0 Å². The molecule has 2 rings (SSSR count). The van der Waals surface area contributed by atoms with Gasteiger partial charge in [0.05, 0.1) is 5.60 Å². The lowest BCUT2D eigenvalue weighted by atomic mass is 9.84.